The van der Waals surface area contributed by atoms with E-state index in [1.165, 1.54) is 16.7 Å². The van der Waals surface area contributed by atoms with Gasteiger partial charge in [-0.25, -0.2) is 0 Å². The van der Waals surface area contributed by atoms with Crippen LogP contribution in [0.15, 0.2) is 12.1 Å². The first-order chi connectivity index (χ1) is 8.99. The highest BCUT2D eigenvalue weighted by Gasteiger charge is 2.42. The van der Waals surface area contributed by atoms with E-state index in [1.54, 1.807) is 7.11 Å². The molecule has 0 atom stereocenters. The van der Waals surface area contributed by atoms with Crippen LogP contribution < -0.4 is 4.74 Å². The van der Waals surface area contributed by atoms with Gasteiger partial charge in [-0.2, -0.15) is 0 Å². The van der Waals surface area contributed by atoms with Crippen molar-refractivity contribution in [2.75, 3.05) is 27.3 Å². The number of aliphatic hydroxyl groups excluding tert-OH is 1. The summed E-state index contributed by atoms with van der Waals surface area (Å²) in [6, 6.07) is 4.29. The Hall–Kier alpha value is -1.06. The highest BCUT2D eigenvalue weighted by molar-refractivity contribution is 5.43. The van der Waals surface area contributed by atoms with Crippen molar-refractivity contribution in [1.82, 2.24) is 4.90 Å². The van der Waals surface area contributed by atoms with Crippen LogP contribution in [0.5, 0.6) is 5.75 Å². The van der Waals surface area contributed by atoms with Gasteiger partial charge < -0.3 is 14.7 Å². The summed E-state index contributed by atoms with van der Waals surface area (Å²) in [6.07, 6.45) is 2.30. The zero-order valence-electron chi connectivity index (χ0n) is 12.5. The number of hydrogen-bond donors (Lipinski definition) is 1. The maximum absolute atomic E-state index is 9.41. The van der Waals surface area contributed by atoms with E-state index in [2.05, 4.69) is 37.9 Å². The van der Waals surface area contributed by atoms with E-state index in [1.807, 2.05) is 0 Å². The molecule has 2 rings (SSSR count). The number of methoxy groups -OCH3 is 1. The molecule has 0 spiro atoms. The maximum Gasteiger partial charge on any atom is 0.123 e. The molecule has 106 valence electrons. The van der Waals surface area contributed by atoms with Crippen molar-refractivity contribution >= 4 is 0 Å². The zero-order valence-corrected chi connectivity index (χ0v) is 12.5. The maximum atomic E-state index is 9.41. The summed E-state index contributed by atoms with van der Waals surface area (Å²) < 4.78 is 5.50. The lowest BCUT2D eigenvalue weighted by Crippen LogP contribution is -2.28. The third-order valence-corrected chi connectivity index (χ3v) is 4.12. The number of benzene rings is 1. The monoisotopic (exact) mass is 263 g/mol. The molecule has 1 fully saturated rings. The smallest absolute Gasteiger partial charge is 0.123 e. The average Bonchev–Trinajstić information content (AvgIpc) is 3.12. The summed E-state index contributed by atoms with van der Waals surface area (Å²) >= 11 is 0. The van der Waals surface area contributed by atoms with Crippen molar-refractivity contribution in [3.05, 3.63) is 28.8 Å². The summed E-state index contributed by atoms with van der Waals surface area (Å²) in [6.45, 7) is 6.37. The Labute approximate surface area is 116 Å². The van der Waals surface area contributed by atoms with Crippen molar-refractivity contribution in [1.29, 1.82) is 0 Å². The molecule has 0 saturated heterocycles. The standard InChI is InChI=1S/C16H25NO2/c1-12-7-13(2)14(15(8-12)19-4)9-17(3)10-16(11-18)5-6-16/h7-8,18H,5-6,9-11H2,1-4H3. The van der Waals surface area contributed by atoms with E-state index in [0.29, 0.717) is 6.61 Å². The van der Waals surface area contributed by atoms with Crippen LogP contribution in [0.2, 0.25) is 0 Å². The van der Waals surface area contributed by atoms with E-state index >= 15 is 0 Å². The van der Waals surface area contributed by atoms with Gasteiger partial charge in [-0.1, -0.05) is 6.07 Å². The van der Waals surface area contributed by atoms with Gasteiger partial charge >= 0.3 is 0 Å². The predicted octanol–water partition coefficient (Wildman–Crippen LogP) is 2.52. The van der Waals surface area contributed by atoms with E-state index in [-0.39, 0.29) is 5.41 Å². The third kappa shape index (κ3) is 3.28. The molecule has 1 saturated carbocycles. The van der Waals surface area contributed by atoms with E-state index in [4.69, 9.17) is 4.74 Å². The van der Waals surface area contributed by atoms with Crippen molar-refractivity contribution in [2.45, 2.75) is 33.2 Å². The lowest BCUT2D eigenvalue weighted by Gasteiger charge is -2.24. The lowest BCUT2D eigenvalue weighted by atomic mass is 10.0. The average molecular weight is 263 g/mol. The molecule has 0 bridgehead atoms. The van der Waals surface area contributed by atoms with Gasteiger partial charge in [0, 0.05) is 30.7 Å². The molecule has 1 aliphatic rings. The number of hydrogen-bond acceptors (Lipinski definition) is 3. The summed E-state index contributed by atoms with van der Waals surface area (Å²) in [4.78, 5) is 2.30. The molecule has 19 heavy (non-hydrogen) atoms. The third-order valence-electron chi connectivity index (χ3n) is 4.12. The van der Waals surface area contributed by atoms with Crippen LogP contribution in [0.25, 0.3) is 0 Å². The second-order valence-corrected chi connectivity index (χ2v) is 6.09. The van der Waals surface area contributed by atoms with Crippen LogP contribution >= 0.6 is 0 Å². The first-order valence-corrected chi connectivity index (χ1v) is 6.93. The number of nitrogens with zero attached hydrogens (tertiary/aromatic N) is 1. The zero-order chi connectivity index (χ0) is 14.0. The minimum absolute atomic E-state index is 0.167. The van der Waals surface area contributed by atoms with Crippen LogP contribution in [0.1, 0.15) is 29.5 Å². The van der Waals surface area contributed by atoms with Gasteiger partial charge in [-0.05, 0) is 50.9 Å². The molecule has 0 heterocycles. The fourth-order valence-electron chi connectivity index (χ4n) is 2.78. The number of rotatable bonds is 6. The van der Waals surface area contributed by atoms with Gasteiger partial charge in [0.25, 0.3) is 0 Å². The second-order valence-electron chi connectivity index (χ2n) is 6.09. The van der Waals surface area contributed by atoms with Crippen LogP contribution in [-0.4, -0.2) is 37.3 Å². The Morgan fingerprint density at radius 1 is 1.32 bits per heavy atom. The van der Waals surface area contributed by atoms with Crippen molar-refractivity contribution in [2.24, 2.45) is 5.41 Å². The highest BCUT2D eigenvalue weighted by atomic mass is 16.5. The van der Waals surface area contributed by atoms with Crippen LogP contribution in [0.4, 0.5) is 0 Å². The summed E-state index contributed by atoms with van der Waals surface area (Å²) in [5, 5.41) is 9.41. The van der Waals surface area contributed by atoms with Gasteiger partial charge in [0.1, 0.15) is 5.75 Å². The number of ether oxygens (including phenoxy) is 1. The molecule has 3 nitrogen and oxygen atoms in total. The molecule has 0 unspecified atom stereocenters. The van der Waals surface area contributed by atoms with E-state index in [0.717, 1.165) is 31.7 Å². The van der Waals surface area contributed by atoms with Crippen LogP contribution in [0, 0.1) is 19.3 Å². The highest BCUT2D eigenvalue weighted by Crippen LogP contribution is 2.45. The molecule has 0 aromatic heterocycles. The molecule has 0 aliphatic heterocycles. The van der Waals surface area contributed by atoms with Crippen LogP contribution in [0.3, 0.4) is 0 Å². The fourth-order valence-corrected chi connectivity index (χ4v) is 2.78. The van der Waals surface area contributed by atoms with Gasteiger partial charge in [0.05, 0.1) is 7.11 Å². The van der Waals surface area contributed by atoms with Crippen molar-refractivity contribution in [3.8, 4) is 5.75 Å². The lowest BCUT2D eigenvalue weighted by molar-refractivity contribution is 0.160. The van der Waals surface area contributed by atoms with Gasteiger partial charge in [-0.15, -0.1) is 0 Å². The molecular formula is C16H25NO2. The van der Waals surface area contributed by atoms with E-state index < -0.39 is 0 Å². The second kappa shape index (κ2) is 5.51. The first-order valence-electron chi connectivity index (χ1n) is 6.93. The topological polar surface area (TPSA) is 32.7 Å². The van der Waals surface area contributed by atoms with Gasteiger partial charge in [-0.3, -0.25) is 0 Å². The number of aliphatic hydroxyl groups is 1. The Morgan fingerprint density at radius 3 is 2.53 bits per heavy atom. The largest absolute Gasteiger partial charge is 0.496 e. The predicted molar refractivity (Wildman–Crippen MR) is 77.6 cm³/mol. The molecular weight excluding hydrogens is 238 g/mol. The quantitative estimate of drug-likeness (QED) is 0.856. The molecule has 3 heteroatoms. The Bertz CT molecular complexity index is 452. The van der Waals surface area contributed by atoms with Gasteiger partial charge in [0.15, 0.2) is 0 Å². The summed E-state index contributed by atoms with van der Waals surface area (Å²) in [5.41, 5.74) is 3.93. The Kier molecular flexibility index (Phi) is 4.16. The summed E-state index contributed by atoms with van der Waals surface area (Å²) in [7, 11) is 3.85. The van der Waals surface area contributed by atoms with Gasteiger partial charge in [0.2, 0.25) is 0 Å². The first kappa shape index (κ1) is 14.4. The molecule has 1 N–H and O–H groups in total. The van der Waals surface area contributed by atoms with Crippen molar-refractivity contribution in [3.63, 3.8) is 0 Å². The number of aryl methyl sites for hydroxylation is 2. The summed E-state index contributed by atoms with van der Waals surface area (Å²) in [5.74, 6) is 0.971. The van der Waals surface area contributed by atoms with E-state index in [9.17, 15) is 5.11 Å². The minimum atomic E-state index is 0.167. The molecule has 0 radical (unpaired) electrons. The Balaban J connectivity index is 2.10. The molecule has 1 aromatic carbocycles. The molecule has 1 aliphatic carbocycles. The van der Waals surface area contributed by atoms with Crippen molar-refractivity contribution < 1.29 is 9.84 Å². The van der Waals surface area contributed by atoms with Crippen LogP contribution in [-0.2, 0) is 6.54 Å². The Morgan fingerprint density at radius 2 is 2.00 bits per heavy atom. The molecule has 0 amide bonds. The molecule has 1 aromatic rings. The minimum Gasteiger partial charge on any atom is -0.496 e. The SMILES string of the molecule is COc1cc(C)cc(C)c1CN(C)CC1(CO)CC1. The normalized spacial score (nSPS) is 16.7. The fraction of sp³-hybridized carbons (Fsp3) is 0.625.